The smallest absolute Gasteiger partial charge is 0.199 e. The third-order valence-electron chi connectivity index (χ3n) is 3.27. The molecule has 128 valence electrons. The number of benzene rings is 1. The van der Waals surface area contributed by atoms with Crippen molar-refractivity contribution >= 4 is 38.1 Å². The molecule has 1 unspecified atom stereocenters. The van der Waals surface area contributed by atoms with E-state index in [0.717, 1.165) is 0 Å². The van der Waals surface area contributed by atoms with E-state index in [0.29, 0.717) is 16.3 Å². The van der Waals surface area contributed by atoms with E-state index in [1.807, 2.05) is 13.8 Å². The van der Waals surface area contributed by atoms with Gasteiger partial charge in [-0.05, 0) is 39.0 Å². The lowest BCUT2D eigenvalue weighted by Gasteiger charge is -2.17. The molecule has 0 spiro atoms. The number of nitrogens with zero attached hydrogens (tertiary/aromatic N) is 1. The molecule has 1 aromatic rings. The van der Waals surface area contributed by atoms with Gasteiger partial charge in [-0.3, -0.25) is 0 Å². The van der Waals surface area contributed by atoms with Gasteiger partial charge in [0.2, 0.25) is 0 Å². The van der Waals surface area contributed by atoms with Crippen molar-refractivity contribution in [2.45, 2.75) is 44.6 Å². The summed E-state index contributed by atoms with van der Waals surface area (Å²) in [5.41, 5.74) is -0.288. The van der Waals surface area contributed by atoms with Crippen molar-refractivity contribution in [2.75, 3.05) is 5.88 Å². The van der Waals surface area contributed by atoms with Crippen LogP contribution < -0.4 is 4.74 Å². The van der Waals surface area contributed by atoms with Gasteiger partial charge in [-0.1, -0.05) is 16.8 Å². The summed E-state index contributed by atoms with van der Waals surface area (Å²) >= 11 is 11.8. The Labute approximate surface area is 146 Å². The summed E-state index contributed by atoms with van der Waals surface area (Å²) in [6.45, 7) is 5.46. The van der Waals surface area contributed by atoms with Gasteiger partial charge in [0, 0.05) is 17.0 Å². The van der Waals surface area contributed by atoms with Crippen molar-refractivity contribution in [2.24, 2.45) is 5.16 Å². The number of rotatable bonds is 5. The molecule has 2 rings (SSSR count). The van der Waals surface area contributed by atoms with Gasteiger partial charge in [-0.15, -0.1) is 11.6 Å². The second kappa shape index (κ2) is 6.87. The molecule has 8 heteroatoms. The van der Waals surface area contributed by atoms with Gasteiger partial charge < -0.3 is 9.57 Å². The zero-order chi connectivity index (χ0) is 17.3. The Kier molecular flexibility index (Phi) is 5.48. The van der Waals surface area contributed by atoms with E-state index in [-0.39, 0.29) is 29.2 Å². The van der Waals surface area contributed by atoms with Crippen molar-refractivity contribution < 1.29 is 18.0 Å². The predicted molar refractivity (Wildman–Crippen MR) is 92.1 cm³/mol. The van der Waals surface area contributed by atoms with E-state index in [2.05, 4.69) is 5.16 Å². The molecule has 1 aliphatic rings. The molecule has 1 aromatic carbocycles. The first-order valence-electron chi connectivity index (χ1n) is 7.14. The van der Waals surface area contributed by atoms with Crippen molar-refractivity contribution in [3.63, 3.8) is 0 Å². The van der Waals surface area contributed by atoms with Crippen LogP contribution in [0.2, 0.25) is 5.02 Å². The third-order valence-corrected chi connectivity index (χ3v) is 5.69. The normalized spacial score (nSPS) is 21.2. The molecular weight excluding hydrogens is 361 g/mol. The number of ether oxygens (including phenoxy) is 1. The lowest BCUT2D eigenvalue weighted by Crippen LogP contribution is -2.28. The zero-order valence-corrected chi connectivity index (χ0v) is 15.5. The van der Waals surface area contributed by atoms with E-state index in [9.17, 15) is 8.42 Å². The monoisotopic (exact) mass is 379 g/mol. The molecule has 0 N–H and O–H groups in total. The Morgan fingerprint density at radius 3 is 2.70 bits per heavy atom. The molecular formula is C15H19Cl2NO4S. The maximum absolute atomic E-state index is 12.6. The van der Waals surface area contributed by atoms with Gasteiger partial charge in [0.1, 0.15) is 5.75 Å². The highest BCUT2D eigenvalue weighted by atomic mass is 35.5. The summed E-state index contributed by atoms with van der Waals surface area (Å²) in [6, 6.07) is 4.92. The number of oxime groups is 1. The van der Waals surface area contributed by atoms with Gasteiger partial charge in [0.25, 0.3) is 0 Å². The summed E-state index contributed by atoms with van der Waals surface area (Å²) in [5.74, 6) is 0.400. The van der Waals surface area contributed by atoms with Crippen LogP contribution in [0.5, 0.6) is 5.75 Å². The van der Waals surface area contributed by atoms with Gasteiger partial charge in [-0.25, -0.2) is 8.42 Å². The van der Waals surface area contributed by atoms with E-state index in [1.165, 1.54) is 0 Å². The molecule has 0 saturated carbocycles. The van der Waals surface area contributed by atoms with Crippen molar-refractivity contribution in [3.05, 3.63) is 28.8 Å². The van der Waals surface area contributed by atoms with E-state index < -0.39 is 15.4 Å². The molecule has 0 fully saturated rings. The maximum atomic E-state index is 12.6. The number of sulfone groups is 1. The Bertz CT molecular complexity index is 718. The van der Waals surface area contributed by atoms with Crippen LogP contribution in [0.1, 0.15) is 32.8 Å². The number of alkyl halides is 1. The second-order valence-electron chi connectivity index (χ2n) is 6.01. The molecule has 1 heterocycles. The molecule has 0 amide bonds. The summed E-state index contributed by atoms with van der Waals surface area (Å²) < 4.78 is 30.9. The van der Waals surface area contributed by atoms with Crippen molar-refractivity contribution in [3.8, 4) is 5.75 Å². The first-order valence-corrected chi connectivity index (χ1v) is 9.70. The first kappa shape index (κ1) is 18.4. The summed E-state index contributed by atoms with van der Waals surface area (Å²) in [5, 5.41) is 4.15. The first-order chi connectivity index (χ1) is 10.6. The Hall–Kier alpha value is -0.980. The Morgan fingerprint density at radius 2 is 2.13 bits per heavy atom. The van der Waals surface area contributed by atoms with Crippen LogP contribution in [-0.4, -0.2) is 31.0 Å². The molecule has 0 aliphatic carbocycles. The third kappa shape index (κ3) is 4.52. The summed E-state index contributed by atoms with van der Waals surface area (Å²) in [4.78, 5) is 5.16. The van der Waals surface area contributed by atoms with Crippen LogP contribution in [0.4, 0.5) is 0 Å². The number of hydrogen-bond acceptors (Lipinski definition) is 5. The molecule has 5 nitrogen and oxygen atoms in total. The maximum Gasteiger partial charge on any atom is 0.199 e. The predicted octanol–water partition coefficient (Wildman–Crippen LogP) is 3.77. The van der Waals surface area contributed by atoms with Gasteiger partial charge in [0.05, 0.1) is 17.7 Å². The minimum absolute atomic E-state index is 0.00359. The number of hydrogen-bond donors (Lipinski definition) is 0. The standard InChI is InChI=1S/C15H19Cl2NO4S/c1-10(2)21-13-5-4-12(17)6-11(13)8-23(19,20)14-7-15(3,9-16)22-18-14/h4-6,10H,7-9H2,1-3H3. The topological polar surface area (TPSA) is 65.0 Å². The molecule has 1 aliphatic heterocycles. The Morgan fingerprint density at radius 1 is 1.43 bits per heavy atom. The fourth-order valence-corrected chi connectivity index (χ4v) is 3.92. The van der Waals surface area contributed by atoms with Crippen molar-refractivity contribution in [1.82, 2.24) is 0 Å². The van der Waals surface area contributed by atoms with Crippen LogP contribution in [0.3, 0.4) is 0 Å². The van der Waals surface area contributed by atoms with Crippen LogP contribution in [0, 0.1) is 0 Å². The number of halogens is 2. The Balaban J connectivity index is 2.26. The SMILES string of the molecule is CC(C)Oc1ccc(Cl)cc1CS(=O)(=O)C1=NOC(C)(CCl)C1. The average molecular weight is 380 g/mol. The minimum atomic E-state index is -3.64. The largest absolute Gasteiger partial charge is 0.491 e. The fraction of sp³-hybridized carbons (Fsp3) is 0.533. The van der Waals surface area contributed by atoms with Crippen LogP contribution in [0.15, 0.2) is 23.4 Å². The molecule has 0 aromatic heterocycles. The summed E-state index contributed by atoms with van der Waals surface area (Å²) in [7, 11) is -3.64. The molecule has 0 bridgehead atoms. The van der Waals surface area contributed by atoms with Crippen molar-refractivity contribution in [1.29, 1.82) is 0 Å². The minimum Gasteiger partial charge on any atom is -0.491 e. The molecule has 23 heavy (non-hydrogen) atoms. The molecule has 0 radical (unpaired) electrons. The average Bonchev–Trinajstić information content (AvgIpc) is 2.85. The fourth-order valence-electron chi connectivity index (χ4n) is 2.10. The highest BCUT2D eigenvalue weighted by molar-refractivity contribution is 8.05. The van der Waals surface area contributed by atoms with Gasteiger partial charge in [-0.2, -0.15) is 0 Å². The van der Waals surface area contributed by atoms with E-state index in [4.69, 9.17) is 32.8 Å². The lowest BCUT2D eigenvalue weighted by atomic mass is 10.1. The highest BCUT2D eigenvalue weighted by Gasteiger charge is 2.39. The quantitative estimate of drug-likeness (QED) is 0.730. The van der Waals surface area contributed by atoms with E-state index in [1.54, 1.807) is 25.1 Å². The van der Waals surface area contributed by atoms with Crippen LogP contribution in [0.25, 0.3) is 0 Å². The lowest BCUT2D eigenvalue weighted by molar-refractivity contribution is 0.0152. The molecule has 1 atom stereocenters. The summed E-state index contributed by atoms with van der Waals surface area (Å²) in [6.07, 6.45) is 0.0732. The molecule has 0 saturated heterocycles. The van der Waals surface area contributed by atoms with E-state index >= 15 is 0 Å². The zero-order valence-electron chi connectivity index (χ0n) is 13.2. The van der Waals surface area contributed by atoms with Gasteiger partial charge >= 0.3 is 0 Å². The second-order valence-corrected chi connectivity index (χ2v) is 8.71. The highest BCUT2D eigenvalue weighted by Crippen LogP contribution is 2.31. The van der Waals surface area contributed by atoms with Gasteiger partial charge in [0.15, 0.2) is 20.5 Å². The van der Waals surface area contributed by atoms with Crippen LogP contribution in [-0.2, 0) is 20.4 Å². The van der Waals surface area contributed by atoms with Crippen LogP contribution >= 0.6 is 23.2 Å².